The van der Waals surface area contributed by atoms with E-state index in [-0.39, 0.29) is 29.7 Å². The van der Waals surface area contributed by atoms with Gasteiger partial charge in [0.05, 0.1) is 17.7 Å². The Balaban J connectivity index is 1.71. The van der Waals surface area contributed by atoms with Crippen molar-refractivity contribution in [3.8, 4) is 11.4 Å². The number of hydrogen-bond donors (Lipinski definition) is 1. The number of amides is 2. The van der Waals surface area contributed by atoms with Gasteiger partial charge in [0, 0.05) is 24.4 Å². The number of urea groups is 1. The van der Waals surface area contributed by atoms with Crippen LogP contribution >= 0.6 is 0 Å². The first kappa shape index (κ1) is 23.6. The lowest BCUT2D eigenvalue weighted by Crippen LogP contribution is -2.46. The Labute approximate surface area is 196 Å². The minimum Gasteiger partial charge on any atom is -0.379 e. The van der Waals surface area contributed by atoms with Gasteiger partial charge in [-0.1, -0.05) is 29.4 Å². The number of allylic oxidation sites excluding steroid dienone is 1. The number of carbonyl (C=O) groups is 1. The smallest absolute Gasteiger partial charge is 0.322 e. The molecule has 0 spiro atoms. The van der Waals surface area contributed by atoms with Crippen LogP contribution in [0.25, 0.3) is 17.0 Å². The van der Waals surface area contributed by atoms with Crippen molar-refractivity contribution >= 4 is 11.6 Å². The lowest BCUT2D eigenvalue weighted by molar-refractivity contribution is 0.0736. The molecule has 1 unspecified atom stereocenters. The molecule has 1 aliphatic rings. The van der Waals surface area contributed by atoms with Crippen LogP contribution < -0.4 is 5.32 Å². The second kappa shape index (κ2) is 10.1. The molecule has 7 nitrogen and oxygen atoms in total. The molecular weight excluding hydrogens is 442 g/mol. The number of hydrogen-bond acceptors (Lipinski definition) is 5. The summed E-state index contributed by atoms with van der Waals surface area (Å²) in [5.74, 6) is -0.384. The summed E-state index contributed by atoms with van der Waals surface area (Å²) >= 11 is 0. The Morgan fingerprint density at radius 2 is 1.91 bits per heavy atom. The molecule has 0 saturated carbocycles. The van der Waals surface area contributed by atoms with Gasteiger partial charge >= 0.3 is 6.03 Å². The second-order valence-electron chi connectivity index (χ2n) is 8.29. The highest BCUT2D eigenvalue weighted by molar-refractivity contribution is 5.86. The summed E-state index contributed by atoms with van der Waals surface area (Å²) in [6.45, 7) is 6.65. The predicted molar refractivity (Wildman–Crippen MR) is 122 cm³/mol. The Morgan fingerprint density at radius 3 is 2.62 bits per heavy atom. The summed E-state index contributed by atoms with van der Waals surface area (Å²) in [6, 6.07) is 10.8. The Morgan fingerprint density at radius 1 is 1.15 bits per heavy atom. The van der Waals surface area contributed by atoms with Crippen molar-refractivity contribution < 1.29 is 22.8 Å². The third-order valence-corrected chi connectivity index (χ3v) is 5.52. The summed E-state index contributed by atoms with van der Waals surface area (Å²) in [5, 5.41) is 6.99. The van der Waals surface area contributed by atoms with E-state index in [9.17, 15) is 13.6 Å². The monoisotopic (exact) mass is 468 g/mol. The van der Waals surface area contributed by atoms with Crippen molar-refractivity contribution in [2.75, 3.05) is 13.2 Å². The van der Waals surface area contributed by atoms with Gasteiger partial charge in [-0.2, -0.15) is 4.98 Å². The first-order valence-electron chi connectivity index (χ1n) is 11.1. The average Bonchev–Trinajstić information content (AvgIpc) is 3.28. The Hall–Kier alpha value is -3.59. The molecule has 0 saturated heterocycles. The third kappa shape index (κ3) is 5.14. The average molecular weight is 469 g/mol. The minimum absolute atomic E-state index is 0.102. The second-order valence-corrected chi connectivity index (χ2v) is 8.29. The molecule has 34 heavy (non-hydrogen) atoms. The van der Waals surface area contributed by atoms with Crippen molar-refractivity contribution in [3.05, 3.63) is 77.3 Å². The molecule has 1 atom stereocenters. The van der Waals surface area contributed by atoms with Crippen LogP contribution in [0.15, 0.2) is 58.8 Å². The number of nitrogens with one attached hydrogen (secondary N) is 1. The van der Waals surface area contributed by atoms with Crippen LogP contribution in [0.4, 0.5) is 13.6 Å². The van der Waals surface area contributed by atoms with Crippen LogP contribution in [-0.2, 0) is 4.74 Å². The maximum absolute atomic E-state index is 13.7. The fourth-order valence-corrected chi connectivity index (χ4v) is 3.85. The van der Waals surface area contributed by atoms with Crippen LogP contribution in [0, 0.1) is 11.6 Å². The number of nitrogens with zero attached hydrogens (tertiary/aromatic N) is 3. The zero-order valence-electron chi connectivity index (χ0n) is 19.2. The van der Waals surface area contributed by atoms with Gasteiger partial charge in [-0.3, -0.25) is 4.90 Å². The lowest BCUT2D eigenvalue weighted by Gasteiger charge is -2.35. The van der Waals surface area contributed by atoms with Crippen LogP contribution in [0.5, 0.6) is 0 Å². The molecular formula is C25H26F2N4O3. The normalized spacial score (nSPS) is 16.4. The molecule has 0 aliphatic carbocycles. The molecule has 0 radical (unpaired) electrons. The molecule has 9 heteroatoms. The van der Waals surface area contributed by atoms with Crippen molar-refractivity contribution in [2.45, 2.75) is 39.3 Å². The van der Waals surface area contributed by atoms with Gasteiger partial charge in [0.1, 0.15) is 11.6 Å². The largest absolute Gasteiger partial charge is 0.379 e. The Bertz CT molecular complexity index is 1190. The summed E-state index contributed by atoms with van der Waals surface area (Å²) < 4.78 is 38.4. The standard InChI is InChI=1S/C25H26F2N4O3/c1-15(2)33-13-5-12-31-16(3)21(22(28-25(31)32)17-8-10-19(26)11-9-17)24-29-23(30-34-24)18-6-4-7-20(27)14-18/h4,6-11,14-15,22H,5,12-13H2,1-3H3,(H,28,32). The van der Waals surface area contributed by atoms with Crippen molar-refractivity contribution in [1.82, 2.24) is 20.4 Å². The zero-order chi connectivity index (χ0) is 24.2. The van der Waals surface area contributed by atoms with Gasteiger partial charge in [-0.25, -0.2) is 13.6 Å². The van der Waals surface area contributed by atoms with Gasteiger partial charge in [0.25, 0.3) is 5.89 Å². The maximum atomic E-state index is 13.7. The van der Waals surface area contributed by atoms with Crippen molar-refractivity contribution in [3.63, 3.8) is 0 Å². The molecule has 2 aromatic carbocycles. The highest BCUT2D eigenvalue weighted by atomic mass is 19.1. The van der Waals surface area contributed by atoms with E-state index >= 15 is 0 Å². The van der Waals surface area contributed by atoms with E-state index in [1.54, 1.807) is 36.1 Å². The van der Waals surface area contributed by atoms with Crippen LogP contribution in [0.2, 0.25) is 0 Å². The van der Waals surface area contributed by atoms with E-state index in [0.29, 0.717) is 42.0 Å². The zero-order valence-corrected chi connectivity index (χ0v) is 19.2. The van der Waals surface area contributed by atoms with Crippen LogP contribution in [0.1, 0.15) is 44.7 Å². The van der Waals surface area contributed by atoms with Gasteiger partial charge in [0.2, 0.25) is 5.82 Å². The van der Waals surface area contributed by atoms with Crippen LogP contribution in [0.3, 0.4) is 0 Å². The molecule has 3 aromatic rings. The number of halogens is 2. The summed E-state index contributed by atoms with van der Waals surface area (Å²) in [4.78, 5) is 19.1. The number of aromatic nitrogens is 2. The highest BCUT2D eigenvalue weighted by Crippen LogP contribution is 2.37. The summed E-state index contributed by atoms with van der Waals surface area (Å²) in [6.07, 6.45) is 0.736. The minimum atomic E-state index is -0.628. The molecule has 4 rings (SSSR count). The Kier molecular flexibility index (Phi) is 7.02. The number of ether oxygens (including phenoxy) is 1. The van der Waals surface area contributed by atoms with Gasteiger partial charge < -0.3 is 14.6 Å². The van der Waals surface area contributed by atoms with E-state index in [2.05, 4.69) is 15.5 Å². The number of carbonyl (C=O) groups excluding carboxylic acids is 1. The first-order valence-corrected chi connectivity index (χ1v) is 11.1. The molecule has 1 N–H and O–H groups in total. The lowest BCUT2D eigenvalue weighted by atomic mass is 9.94. The maximum Gasteiger partial charge on any atom is 0.322 e. The molecule has 2 amide bonds. The summed E-state index contributed by atoms with van der Waals surface area (Å²) in [5.41, 5.74) is 2.36. The quantitative estimate of drug-likeness (QED) is 0.452. The van der Waals surface area contributed by atoms with E-state index in [1.165, 1.54) is 24.3 Å². The number of rotatable bonds is 8. The van der Waals surface area contributed by atoms with Crippen LogP contribution in [-0.4, -0.2) is 40.3 Å². The molecule has 2 heterocycles. The predicted octanol–water partition coefficient (Wildman–Crippen LogP) is 5.33. The third-order valence-electron chi connectivity index (χ3n) is 5.52. The molecule has 1 aromatic heterocycles. The summed E-state index contributed by atoms with van der Waals surface area (Å²) in [7, 11) is 0. The molecule has 1 aliphatic heterocycles. The van der Waals surface area contributed by atoms with Gasteiger partial charge in [0.15, 0.2) is 0 Å². The van der Waals surface area contributed by atoms with E-state index in [0.717, 1.165) is 0 Å². The number of benzene rings is 2. The van der Waals surface area contributed by atoms with E-state index in [1.807, 2.05) is 13.8 Å². The van der Waals surface area contributed by atoms with E-state index < -0.39 is 11.9 Å². The first-order chi connectivity index (χ1) is 16.3. The SMILES string of the molecule is CC1=C(c2nc(-c3cccc(F)c3)no2)C(c2ccc(F)cc2)NC(=O)N1CCCOC(C)C. The van der Waals surface area contributed by atoms with Crippen molar-refractivity contribution in [1.29, 1.82) is 0 Å². The molecule has 0 fully saturated rings. The molecule has 178 valence electrons. The van der Waals surface area contributed by atoms with Crippen molar-refractivity contribution in [2.24, 2.45) is 0 Å². The fourth-order valence-electron chi connectivity index (χ4n) is 3.85. The highest BCUT2D eigenvalue weighted by Gasteiger charge is 2.35. The fraction of sp³-hybridized carbons (Fsp3) is 0.320. The van der Waals surface area contributed by atoms with E-state index in [4.69, 9.17) is 9.26 Å². The topological polar surface area (TPSA) is 80.5 Å². The van der Waals surface area contributed by atoms with Gasteiger partial charge in [-0.15, -0.1) is 0 Å². The molecule has 0 bridgehead atoms. The van der Waals surface area contributed by atoms with Gasteiger partial charge in [-0.05, 0) is 57.0 Å².